The zero-order valence-electron chi connectivity index (χ0n) is 19.3. The van der Waals surface area contributed by atoms with Crippen LogP contribution >= 0.6 is 0 Å². The van der Waals surface area contributed by atoms with Crippen LogP contribution < -0.4 is 10.1 Å². The van der Waals surface area contributed by atoms with Gasteiger partial charge in [0.15, 0.2) is 11.6 Å². The topological polar surface area (TPSA) is 72.5 Å². The Morgan fingerprint density at radius 3 is 2.43 bits per heavy atom. The number of esters is 1. The Hall–Kier alpha value is -4.25. The summed E-state index contributed by atoms with van der Waals surface area (Å²) in [6, 6.07) is 22.0. The molecule has 0 spiro atoms. The van der Waals surface area contributed by atoms with Gasteiger partial charge in [-0.1, -0.05) is 54.1 Å². The molecule has 3 aromatic rings. The quantitative estimate of drug-likeness (QED) is 0.411. The average molecular weight is 462 g/mol. The van der Waals surface area contributed by atoms with Crippen molar-refractivity contribution in [2.75, 3.05) is 0 Å². The molecular weight excluding hydrogens is 438 g/mol. The van der Waals surface area contributed by atoms with Gasteiger partial charge in [-0.2, -0.15) is 0 Å². The lowest BCUT2D eigenvalue weighted by Crippen LogP contribution is -2.31. The SMILES string of the molecule is Cc1cccc(C(=O)Oc2ccc([C@@H]3C4=C(CCCC4=O)NC4=C3C(=O)c3ccccc34)cc2)c1. The van der Waals surface area contributed by atoms with Gasteiger partial charge in [-0.15, -0.1) is 0 Å². The molecule has 1 N–H and O–H groups in total. The van der Waals surface area contributed by atoms with E-state index >= 15 is 0 Å². The largest absolute Gasteiger partial charge is 0.423 e. The van der Waals surface area contributed by atoms with Crippen LogP contribution in [0.25, 0.3) is 5.70 Å². The number of ketones is 2. The van der Waals surface area contributed by atoms with Crippen molar-refractivity contribution in [3.8, 4) is 5.75 Å². The molecule has 0 saturated carbocycles. The van der Waals surface area contributed by atoms with E-state index in [1.165, 1.54) is 0 Å². The second kappa shape index (κ2) is 8.20. The lowest BCUT2D eigenvalue weighted by atomic mass is 9.75. The number of rotatable bonds is 3. The number of fused-ring (bicyclic) bond motifs is 2. The number of aryl methyl sites for hydroxylation is 1. The fourth-order valence-corrected chi connectivity index (χ4v) is 5.34. The van der Waals surface area contributed by atoms with Gasteiger partial charge in [0.1, 0.15) is 5.75 Å². The summed E-state index contributed by atoms with van der Waals surface area (Å²) in [5, 5.41) is 3.44. The van der Waals surface area contributed by atoms with Crippen molar-refractivity contribution in [1.82, 2.24) is 5.32 Å². The first-order chi connectivity index (χ1) is 17.0. The van der Waals surface area contributed by atoms with E-state index in [1.54, 1.807) is 24.3 Å². The summed E-state index contributed by atoms with van der Waals surface area (Å²) < 4.78 is 5.57. The van der Waals surface area contributed by atoms with Crippen LogP contribution in [-0.2, 0) is 4.79 Å². The van der Waals surface area contributed by atoms with E-state index in [9.17, 15) is 14.4 Å². The molecule has 5 heteroatoms. The fraction of sp³-hybridized carbons (Fsp3) is 0.167. The van der Waals surface area contributed by atoms with E-state index in [2.05, 4.69) is 5.32 Å². The molecule has 0 unspecified atom stereocenters. The van der Waals surface area contributed by atoms with Crippen LogP contribution in [0.2, 0.25) is 0 Å². The van der Waals surface area contributed by atoms with Crippen molar-refractivity contribution in [2.45, 2.75) is 32.1 Å². The zero-order valence-corrected chi connectivity index (χ0v) is 19.3. The molecule has 0 bridgehead atoms. The summed E-state index contributed by atoms with van der Waals surface area (Å²) in [5.74, 6) is -0.437. The van der Waals surface area contributed by atoms with Crippen LogP contribution in [0.15, 0.2) is 89.6 Å². The van der Waals surface area contributed by atoms with Gasteiger partial charge in [-0.05, 0) is 49.6 Å². The predicted molar refractivity (Wildman–Crippen MR) is 132 cm³/mol. The molecule has 2 aliphatic carbocycles. The number of dihydropyridines is 1. The molecule has 0 aromatic heterocycles. The Morgan fingerprint density at radius 1 is 0.886 bits per heavy atom. The van der Waals surface area contributed by atoms with Gasteiger partial charge in [0.25, 0.3) is 0 Å². The lowest BCUT2D eigenvalue weighted by Gasteiger charge is -2.33. The first kappa shape index (κ1) is 21.3. The van der Waals surface area contributed by atoms with Crippen molar-refractivity contribution in [2.24, 2.45) is 0 Å². The van der Waals surface area contributed by atoms with Crippen molar-refractivity contribution in [1.29, 1.82) is 0 Å². The third-order valence-electron chi connectivity index (χ3n) is 6.94. The van der Waals surface area contributed by atoms with Crippen molar-refractivity contribution < 1.29 is 19.1 Å². The molecule has 1 heterocycles. The molecule has 0 fully saturated rings. The third kappa shape index (κ3) is 3.51. The first-order valence-corrected chi connectivity index (χ1v) is 11.8. The summed E-state index contributed by atoms with van der Waals surface area (Å²) in [7, 11) is 0. The standard InChI is InChI=1S/C30H23NO4/c1-17-6-4-7-19(16-17)30(34)35-20-14-12-18(13-15-20)25-26-23(10-5-11-24(26)32)31-28-21-8-2-3-9-22(21)29(33)27(25)28/h2-4,6-9,12-16,25,31H,5,10-11H2,1H3/t25-/m1/s1. The lowest BCUT2D eigenvalue weighted by molar-refractivity contribution is -0.116. The summed E-state index contributed by atoms with van der Waals surface area (Å²) in [6.45, 7) is 1.92. The number of hydrogen-bond donors (Lipinski definition) is 1. The average Bonchev–Trinajstić information content (AvgIpc) is 3.15. The number of carbonyl (C=O) groups is 3. The van der Waals surface area contributed by atoms with E-state index < -0.39 is 11.9 Å². The number of hydrogen-bond acceptors (Lipinski definition) is 5. The summed E-state index contributed by atoms with van der Waals surface area (Å²) in [4.78, 5) is 39.1. The normalized spacial score (nSPS) is 18.6. The highest BCUT2D eigenvalue weighted by atomic mass is 16.5. The Kier molecular flexibility index (Phi) is 4.99. The van der Waals surface area contributed by atoms with Crippen molar-refractivity contribution in [3.63, 3.8) is 0 Å². The van der Waals surface area contributed by atoms with E-state index in [-0.39, 0.29) is 11.6 Å². The van der Waals surface area contributed by atoms with Gasteiger partial charge >= 0.3 is 5.97 Å². The molecule has 3 aliphatic rings. The second-order valence-electron chi connectivity index (χ2n) is 9.22. The number of benzene rings is 3. The maximum atomic E-state index is 13.5. The van der Waals surface area contributed by atoms with Crippen LogP contribution in [0.5, 0.6) is 5.75 Å². The van der Waals surface area contributed by atoms with Crippen molar-refractivity contribution >= 4 is 23.2 Å². The van der Waals surface area contributed by atoms with Gasteiger partial charge < -0.3 is 10.1 Å². The summed E-state index contributed by atoms with van der Waals surface area (Å²) in [6.07, 6.45) is 2.05. The Labute approximate surface area is 203 Å². The number of allylic oxidation sites excluding steroid dienone is 3. The van der Waals surface area contributed by atoms with Crippen LogP contribution in [-0.4, -0.2) is 17.5 Å². The Balaban J connectivity index is 1.37. The van der Waals surface area contributed by atoms with E-state index in [0.717, 1.165) is 40.9 Å². The number of Topliss-reactive ketones (excluding diaryl/α,β-unsaturated/α-hetero) is 2. The molecule has 35 heavy (non-hydrogen) atoms. The van der Waals surface area contributed by atoms with Gasteiger partial charge in [0.05, 0.1) is 11.3 Å². The molecular formula is C30H23NO4. The summed E-state index contributed by atoms with van der Waals surface area (Å²) in [5.41, 5.74) is 6.84. The molecule has 0 radical (unpaired) electrons. The minimum Gasteiger partial charge on any atom is -0.423 e. The monoisotopic (exact) mass is 461 g/mol. The third-order valence-corrected chi connectivity index (χ3v) is 6.94. The van der Waals surface area contributed by atoms with Gasteiger partial charge in [0.2, 0.25) is 0 Å². The molecule has 1 atom stereocenters. The van der Waals surface area contributed by atoms with Crippen LogP contribution in [0.1, 0.15) is 62.6 Å². The molecule has 0 saturated heterocycles. The maximum Gasteiger partial charge on any atom is 0.343 e. The molecule has 5 nitrogen and oxygen atoms in total. The highest BCUT2D eigenvalue weighted by Gasteiger charge is 2.43. The molecule has 1 aliphatic heterocycles. The number of carbonyl (C=O) groups excluding carboxylic acids is 3. The van der Waals surface area contributed by atoms with Crippen molar-refractivity contribution in [3.05, 3.63) is 117 Å². The minimum atomic E-state index is -0.449. The highest BCUT2D eigenvalue weighted by Crippen LogP contribution is 2.48. The highest BCUT2D eigenvalue weighted by molar-refractivity contribution is 6.23. The van der Waals surface area contributed by atoms with Gasteiger partial charge in [0, 0.05) is 40.3 Å². The minimum absolute atomic E-state index is 0.0482. The molecule has 172 valence electrons. The van der Waals surface area contributed by atoms with E-state index in [4.69, 9.17) is 4.74 Å². The van der Waals surface area contributed by atoms with E-state index in [1.807, 2.05) is 55.5 Å². The smallest absolute Gasteiger partial charge is 0.343 e. The molecule has 3 aromatic carbocycles. The number of nitrogens with one attached hydrogen (secondary N) is 1. The molecule has 6 rings (SSSR count). The fourth-order valence-electron chi connectivity index (χ4n) is 5.34. The van der Waals surface area contributed by atoms with Crippen LogP contribution in [0, 0.1) is 6.92 Å². The predicted octanol–water partition coefficient (Wildman–Crippen LogP) is 5.52. The summed E-state index contributed by atoms with van der Waals surface area (Å²) >= 11 is 0. The van der Waals surface area contributed by atoms with Crippen LogP contribution in [0.4, 0.5) is 0 Å². The number of ether oxygens (including phenoxy) is 1. The Morgan fingerprint density at radius 2 is 1.66 bits per heavy atom. The van der Waals surface area contributed by atoms with E-state index in [0.29, 0.717) is 34.4 Å². The van der Waals surface area contributed by atoms with Gasteiger partial charge in [-0.3, -0.25) is 9.59 Å². The maximum absolute atomic E-state index is 13.5. The van der Waals surface area contributed by atoms with Crippen LogP contribution in [0.3, 0.4) is 0 Å². The first-order valence-electron chi connectivity index (χ1n) is 11.8. The molecule has 0 amide bonds. The zero-order chi connectivity index (χ0) is 24.1. The Bertz CT molecular complexity index is 1480. The second-order valence-corrected chi connectivity index (χ2v) is 9.22. The van der Waals surface area contributed by atoms with Gasteiger partial charge in [-0.25, -0.2) is 4.79 Å².